The van der Waals surface area contributed by atoms with Gasteiger partial charge in [0.25, 0.3) is 0 Å². The molecule has 2 rings (SSSR count). The number of rotatable bonds is 2. The molecule has 1 aliphatic rings. The van der Waals surface area contributed by atoms with Crippen molar-refractivity contribution in [3.05, 3.63) is 34.9 Å². The lowest BCUT2D eigenvalue weighted by Gasteiger charge is -2.14. The maximum Gasteiger partial charge on any atom is 0.0326 e. The van der Waals surface area contributed by atoms with E-state index >= 15 is 0 Å². The van der Waals surface area contributed by atoms with E-state index in [9.17, 15) is 0 Å². The molecule has 0 heterocycles. The molecular formula is C12H18ClN. The lowest BCUT2D eigenvalue weighted by molar-refractivity contribution is 0.629. The van der Waals surface area contributed by atoms with Crippen LogP contribution < -0.4 is 5.73 Å². The Morgan fingerprint density at radius 2 is 1.93 bits per heavy atom. The molecule has 0 aromatic heterocycles. The van der Waals surface area contributed by atoms with E-state index in [1.54, 1.807) is 0 Å². The SMILES string of the molecule is Cc1ccc([C@@H](N)C2CC2)c(C)c1.Cl. The fraction of sp³-hybridized carbons (Fsp3) is 0.500. The Bertz CT molecular complexity index is 318. The van der Waals surface area contributed by atoms with Crippen molar-refractivity contribution in [3.63, 3.8) is 0 Å². The summed E-state index contributed by atoms with van der Waals surface area (Å²) in [5.74, 6) is 0.751. The molecule has 2 heteroatoms. The molecule has 1 fully saturated rings. The van der Waals surface area contributed by atoms with E-state index in [1.165, 1.54) is 29.5 Å². The molecule has 0 bridgehead atoms. The van der Waals surface area contributed by atoms with Gasteiger partial charge in [-0.1, -0.05) is 23.8 Å². The van der Waals surface area contributed by atoms with Crippen molar-refractivity contribution in [2.45, 2.75) is 32.7 Å². The number of aryl methyl sites for hydroxylation is 2. The van der Waals surface area contributed by atoms with E-state index in [1.807, 2.05) is 0 Å². The fourth-order valence-electron chi connectivity index (χ4n) is 1.91. The highest BCUT2D eigenvalue weighted by Gasteiger charge is 2.29. The molecule has 0 spiro atoms. The Morgan fingerprint density at radius 3 is 2.43 bits per heavy atom. The third-order valence-corrected chi connectivity index (χ3v) is 2.91. The van der Waals surface area contributed by atoms with Gasteiger partial charge in [0, 0.05) is 6.04 Å². The molecule has 1 atom stereocenters. The second-order valence-corrected chi connectivity index (χ2v) is 4.22. The van der Waals surface area contributed by atoms with Crippen LogP contribution in [0.15, 0.2) is 18.2 Å². The lowest BCUT2D eigenvalue weighted by Crippen LogP contribution is -2.13. The zero-order chi connectivity index (χ0) is 9.42. The predicted molar refractivity (Wildman–Crippen MR) is 62.8 cm³/mol. The molecule has 1 aliphatic carbocycles. The van der Waals surface area contributed by atoms with Gasteiger partial charge >= 0.3 is 0 Å². The van der Waals surface area contributed by atoms with E-state index < -0.39 is 0 Å². The van der Waals surface area contributed by atoms with Crippen LogP contribution in [-0.4, -0.2) is 0 Å². The summed E-state index contributed by atoms with van der Waals surface area (Å²) in [6, 6.07) is 6.84. The maximum atomic E-state index is 6.15. The highest BCUT2D eigenvalue weighted by atomic mass is 35.5. The maximum absolute atomic E-state index is 6.15. The molecule has 0 amide bonds. The molecule has 0 unspecified atom stereocenters. The summed E-state index contributed by atoms with van der Waals surface area (Å²) in [6.07, 6.45) is 2.63. The number of hydrogen-bond acceptors (Lipinski definition) is 1. The second kappa shape index (κ2) is 4.33. The van der Waals surface area contributed by atoms with Crippen molar-refractivity contribution in [3.8, 4) is 0 Å². The molecule has 0 radical (unpaired) electrons. The van der Waals surface area contributed by atoms with Crippen molar-refractivity contribution in [2.75, 3.05) is 0 Å². The van der Waals surface area contributed by atoms with Gasteiger partial charge in [-0.15, -0.1) is 12.4 Å². The van der Waals surface area contributed by atoms with Crippen molar-refractivity contribution in [1.29, 1.82) is 0 Å². The third-order valence-electron chi connectivity index (χ3n) is 2.91. The minimum absolute atomic E-state index is 0. The van der Waals surface area contributed by atoms with Gasteiger partial charge in [0.05, 0.1) is 0 Å². The lowest BCUT2D eigenvalue weighted by atomic mass is 9.97. The van der Waals surface area contributed by atoms with E-state index in [-0.39, 0.29) is 18.4 Å². The van der Waals surface area contributed by atoms with E-state index in [4.69, 9.17) is 5.73 Å². The zero-order valence-corrected chi connectivity index (χ0v) is 9.60. The van der Waals surface area contributed by atoms with Crippen LogP contribution in [0.2, 0.25) is 0 Å². The van der Waals surface area contributed by atoms with Gasteiger partial charge in [0.15, 0.2) is 0 Å². The first-order valence-electron chi connectivity index (χ1n) is 5.01. The topological polar surface area (TPSA) is 26.0 Å². The van der Waals surface area contributed by atoms with E-state index in [0.29, 0.717) is 0 Å². The Balaban J connectivity index is 0.000000980. The van der Waals surface area contributed by atoms with Crippen LogP contribution in [0.3, 0.4) is 0 Å². The largest absolute Gasteiger partial charge is 0.324 e. The summed E-state index contributed by atoms with van der Waals surface area (Å²) < 4.78 is 0. The first-order valence-corrected chi connectivity index (χ1v) is 5.01. The van der Waals surface area contributed by atoms with Crippen LogP contribution >= 0.6 is 12.4 Å². The van der Waals surface area contributed by atoms with Crippen LogP contribution in [0, 0.1) is 19.8 Å². The number of hydrogen-bond donors (Lipinski definition) is 1. The molecule has 78 valence electrons. The first kappa shape index (κ1) is 11.5. The third kappa shape index (κ3) is 2.28. The quantitative estimate of drug-likeness (QED) is 0.799. The molecule has 0 aliphatic heterocycles. The van der Waals surface area contributed by atoms with Crippen molar-refractivity contribution >= 4 is 12.4 Å². The van der Waals surface area contributed by atoms with Crippen LogP contribution in [0.4, 0.5) is 0 Å². The summed E-state index contributed by atoms with van der Waals surface area (Å²) in [7, 11) is 0. The van der Waals surface area contributed by atoms with Gasteiger partial charge < -0.3 is 5.73 Å². The smallest absolute Gasteiger partial charge is 0.0326 e. The monoisotopic (exact) mass is 211 g/mol. The minimum atomic E-state index is 0. The second-order valence-electron chi connectivity index (χ2n) is 4.22. The fourth-order valence-corrected chi connectivity index (χ4v) is 1.91. The Morgan fingerprint density at radius 1 is 1.29 bits per heavy atom. The molecule has 0 saturated heterocycles. The van der Waals surface area contributed by atoms with Crippen LogP contribution in [-0.2, 0) is 0 Å². The van der Waals surface area contributed by atoms with Crippen molar-refractivity contribution in [2.24, 2.45) is 11.7 Å². The van der Waals surface area contributed by atoms with Gasteiger partial charge in [-0.2, -0.15) is 0 Å². The van der Waals surface area contributed by atoms with Gasteiger partial charge in [-0.05, 0) is 43.7 Å². The first-order chi connectivity index (χ1) is 6.18. The Labute approximate surface area is 92.1 Å². The summed E-state index contributed by atoms with van der Waals surface area (Å²) in [4.78, 5) is 0. The summed E-state index contributed by atoms with van der Waals surface area (Å²) in [5, 5.41) is 0. The predicted octanol–water partition coefficient (Wildman–Crippen LogP) is 3.14. The molecule has 1 saturated carbocycles. The number of nitrogens with two attached hydrogens (primary N) is 1. The van der Waals surface area contributed by atoms with Crippen molar-refractivity contribution in [1.82, 2.24) is 0 Å². The molecule has 1 aromatic rings. The summed E-state index contributed by atoms with van der Waals surface area (Å²) in [6.45, 7) is 4.28. The molecule has 2 N–H and O–H groups in total. The average molecular weight is 212 g/mol. The summed E-state index contributed by atoms with van der Waals surface area (Å²) >= 11 is 0. The van der Waals surface area contributed by atoms with Gasteiger partial charge in [0.1, 0.15) is 0 Å². The van der Waals surface area contributed by atoms with Gasteiger partial charge in [0.2, 0.25) is 0 Å². The van der Waals surface area contributed by atoms with E-state index in [2.05, 4.69) is 32.0 Å². The Kier molecular flexibility index (Phi) is 3.57. The van der Waals surface area contributed by atoms with Gasteiger partial charge in [-0.25, -0.2) is 0 Å². The molecular weight excluding hydrogens is 194 g/mol. The molecule has 1 nitrogen and oxygen atoms in total. The number of benzene rings is 1. The van der Waals surface area contributed by atoms with Crippen molar-refractivity contribution < 1.29 is 0 Å². The molecule has 1 aromatic carbocycles. The minimum Gasteiger partial charge on any atom is -0.324 e. The summed E-state index contributed by atoms with van der Waals surface area (Å²) in [5.41, 5.74) is 10.2. The van der Waals surface area contributed by atoms with Crippen LogP contribution in [0.1, 0.15) is 35.6 Å². The van der Waals surface area contributed by atoms with E-state index in [0.717, 1.165) is 5.92 Å². The zero-order valence-electron chi connectivity index (χ0n) is 8.79. The van der Waals surface area contributed by atoms with Crippen LogP contribution in [0.25, 0.3) is 0 Å². The number of halogens is 1. The highest BCUT2D eigenvalue weighted by Crippen LogP contribution is 2.40. The van der Waals surface area contributed by atoms with Gasteiger partial charge in [-0.3, -0.25) is 0 Å². The molecule has 14 heavy (non-hydrogen) atoms. The normalized spacial score (nSPS) is 17.4. The standard InChI is InChI=1S/C12H17N.ClH/c1-8-3-6-11(9(2)7-8)12(13)10-4-5-10;/h3,6-7,10,12H,4-5,13H2,1-2H3;1H/t12-;/m0./s1. The highest BCUT2D eigenvalue weighted by molar-refractivity contribution is 5.85. The van der Waals surface area contributed by atoms with Crippen LogP contribution in [0.5, 0.6) is 0 Å². The Hall–Kier alpha value is -0.530. The average Bonchev–Trinajstić information content (AvgIpc) is 2.85.